The van der Waals surface area contributed by atoms with E-state index in [-0.39, 0.29) is 10.7 Å². The van der Waals surface area contributed by atoms with Crippen molar-refractivity contribution in [2.24, 2.45) is 0 Å². The van der Waals surface area contributed by atoms with E-state index in [2.05, 4.69) is 0 Å². The summed E-state index contributed by atoms with van der Waals surface area (Å²) in [6.45, 7) is 0.746. The third kappa shape index (κ3) is 2.02. The molecule has 0 aromatic heterocycles. The highest BCUT2D eigenvalue weighted by atomic mass is 32.3. The lowest BCUT2D eigenvalue weighted by molar-refractivity contribution is 0.0260. The average molecular weight is 222 g/mol. The van der Waals surface area contributed by atoms with Crippen molar-refractivity contribution in [3.8, 4) is 0 Å². The smallest absolute Gasteiger partial charge is 0.136 e. The first-order valence-electron chi connectivity index (χ1n) is 4.65. The van der Waals surface area contributed by atoms with E-state index in [1.54, 1.807) is 0 Å². The van der Waals surface area contributed by atoms with E-state index in [0.717, 1.165) is 25.9 Å². The van der Waals surface area contributed by atoms with Crippen molar-refractivity contribution in [1.82, 2.24) is 0 Å². The first-order chi connectivity index (χ1) is 6.29. The van der Waals surface area contributed by atoms with Crippen molar-refractivity contribution in [3.63, 3.8) is 0 Å². The van der Waals surface area contributed by atoms with Crippen LogP contribution in [-0.4, -0.2) is 37.2 Å². The fraction of sp³-hybridized carbons (Fsp3) is 1.00. The van der Waals surface area contributed by atoms with E-state index in [0.29, 0.717) is 11.5 Å². The number of rotatable bonds is 1. The van der Waals surface area contributed by atoms with Gasteiger partial charge in [-0.3, -0.25) is 8.42 Å². The second kappa shape index (κ2) is 4.19. The van der Waals surface area contributed by atoms with E-state index in [4.69, 9.17) is 4.74 Å². The van der Waals surface area contributed by atoms with Gasteiger partial charge in [-0.05, 0) is 19.3 Å². The van der Waals surface area contributed by atoms with Crippen LogP contribution in [0.5, 0.6) is 0 Å². The van der Waals surface area contributed by atoms with Crippen molar-refractivity contribution in [3.05, 3.63) is 0 Å². The predicted molar refractivity (Wildman–Crippen MR) is 53.4 cm³/mol. The van der Waals surface area contributed by atoms with Crippen molar-refractivity contribution in [2.45, 2.75) is 29.9 Å². The number of ether oxygens (including phenoxy) is 1. The van der Waals surface area contributed by atoms with Crippen LogP contribution in [0, 0.1) is 0 Å². The zero-order valence-electron chi connectivity index (χ0n) is 7.44. The lowest BCUT2D eigenvalue weighted by Crippen LogP contribution is -2.35. The molecule has 0 radical (unpaired) electrons. The molecule has 2 aliphatic rings. The van der Waals surface area contributed by atoms with E-state index in [1.165, 1.54) is 0 Å². The Morgan fingerprint density at radius 2 is 1.77 bits per heavy atom. The highest BCUT2D eigenvalue weighted by Crippen LogP contribution is 2.25. The Hall–Kier alpha value is 0.260. The van der Waals surface area contributed by atoms with Crippen LogP contribution in [0.4, 0.5) is 0 Å². The van der Waals surface area contributed by atoms with Crippen molar-refractivity contribution < 1.29 is 13.2 Å². The Labute approximate surface area is 83.1 Å². The van der Waals surface area contributed by atoms with Crippen LogP contribution >= 0.6 is 0 Å². The van der Waals surface area contributed by atoms with Gasteiger partial charge in [0.2, 0.25) is 0 Å². The van der Waals surface area contributed by atoms with Crippen LogP contribution in [0.1, 0.15) is 19.3 Å². The molecule has 2 unspecified atom stereocenters. The maximum Gasteiger partial charge on any atom is 0.136 e. The van der Waals surface area contributed by atoms with Crippen LogP contribution in [0.15, 0.2) is 0 Å². The summed E-state index contributed by atoms with van der Waals surface area (Å²) in [5, 5.41) is 0. The molecule has 0 spiro atoms. The van der Waals surface area contributed by atoms with Gasteiger partial charge in [-0.15, -0.1) is 0 Å². The second-order valence-electron chi connectivity index (χ2n) is 3.44. The molecule has 0 aromatic carbocycles. The number of hydrogen-bond acceptors (Lipinski definition) is 3. The fourth-order valence-corrected chi connectivity index (χ4v) is 6.26. The topological polar surface area (TPSA) is 43.4 Å². The molecule has 3 atom stereocenters. The largest absolute Gasteiger partial charge is 0.376 e. The van der Waals surface area contributed by atoms with Gasteiger partial charge in [-0.25, -0.2) is 0 Å². The van der Waals surface area contributed by atoms with Gasteiger partial charge in [0.25, 0.3) is 0 Å². The summed E-state index contributed by atoms with van der Waals surface area (Å²) >= 11 is 0. The summed E-state index contributed by atoms with van der Waals surface area (Å²) in [5.41, 5.74) is 0. The Kier molecular flexibility index (Phi) is 3.16. The van der Waals surface area contributed by atoms with Crippen LogP contribution in [0.2, 0.25) is 0 Å². The van der Waals surface area contributed by atoms with Gasteiger partial charge in [0.15, 0.2) is 0 Å². The molecule has 2 rings (SSSR count). The van der Waals surface area contributed by atoms with Gasteiger partial charge in [-0.1, -0.05) is 0 Å². The normalized spacial score (nSPS) is 46.5. The first kappa shape index (κ1) is 9.80. The molecular formula is C8H14O3S2. The Bertz CT molecular complexity index is 220. The molecule has 2 fully saturated rings. The summed E-state index contributed by atoms with van der Waals surface area (Å²) in [6, 6.07) is 0. The molecule has 0 N–H and O–H groups in total. The fourth-order valence-electron chi connectivity index (χ4n) is 1.84. The van der Waals surface area contributed by atoms with E-state index in [1.807, 2.05) is 0 Å². The molecule has 2 heterocycles. The maximum atomic E-state index is 11.5. The van der Waals surface area contributed by atoms with Gasteiger partial charge in [0.05, 0.1) is 6.10 Å². The Morgan fingerprint density at radius 1 is 1.08 bits per heavy atom. The molecule has 0 aromatic rings. The lowest BCUT2D eigenvalue weighted by Gasteiger charge is -2.25. The quantitative estimate of drug-likeness (QED) is 0.645. The standard InChI is InChI=1S/C8H14O3S2/c9-12-5-6-13(10)8(12)7-3-1-2-4-11-7/h7-8H,1-6H2/t7-,8?,12?,13?/m1/s1. The third-order valence-corrected chi connectivity index (χ3v) is 6.93. The zero-order valence-corrected chi connectivity index (χ0v) is 9.07. The number of hydrogen-bond donors (Lipinski definition) is 0. The molecule has 0 saturated carbocycles. The molecule has 0 aliphatic carbocycles. The Balaban J connectivity index is 2.05. The minimum atomic E-state index is -0.913. The molecule has 3 nitrogen and oxygen atoms in total. The summed E-state index contributed by atoms with van der Waals surface area (Å²) in [6.07, 6.45) is 3.14. The zero-order chi connectivity index (χ0) is 9.26. The van der Waals surface area contributed by atoms with Crippen molar-refractivity contribution >= 4 is 21.6 Å². The molecule has 2 saturated heterocycles. The van der Waals surface area contributed by atoms with E-state index in [9.17, 15) is 8.42 Å². The van der Waals surface area contributed by atoms with Crippen molar-refractivity contribution in [1.29, 1.82) is 0 Å². The molecule has 0 bridgehead atoms. The molecule has 76 valence electrons. The van der Waals surface area contributed by atoms with Gasteiger partial charge in [0.1, 0.15) is 4.58 Å². The average Bonchev–Trinajstić information content (AvgIpc) is 2.48. The Morgan fingerprint density at radius 3 is 2.31 bits per heavy atom. The molecule has 13 heavy (non-hydrogen) atoms. The minimum Gasteiger partial charge on any atom is -0.376 e. The van der Waals surface area contributed by atoms with Crippen LogP contribution in [0.3, 0.4) is 0 Å². The molecule has 5 heteroatoms. The highest BCUT2D eigenvalue weighted by molar-refractivity contribution is 8.06. The van der Waals surface area contributed by atoms with Gasteiger partial charge in [0, 0.05) is 39.7 Å². The van der Waals surface area contributed by atoms with Gasteiger partial charge >= 0.3 is 0 Å². The monoisotopic (exact) mass is 222 g/mol. The lowest BCUT2D eigenvalue weighted by atomic mass is 10.1. The maximum absolute atomic E-state index is 11.5. The molecule has 2 aliphatic heterocycles. The van der Waals surface area contributed by atoms with Crippen LogP contribution < -0.4 is 0 Å². The first-order valence-corrected chi connectivity index (χ1v) is 7.41. The highest BCUT2D eigenvalue weighted by Gasteiger charge is 2.38. The van der Waals surface area contributed by atoms with Gasteiger partial charge < -0.3 is 4.74 Å². The second-order valence-corrected chi connectivity index (χ2v) is 7.10. The molecular weight excluding hydrogens is 208 g/mol. The minimum absolute atomic E-state index is 0.00193. The van der Waals surface area contributed by atoms with Crippen molar-refractivity contribution in [2.75, 3.05) is 18.1 Å². The molecule has 0 amide bonds. The van der Waals surface area contributed by atoms with E-state index < -0.39 is 21.6 Å². The summed E-state index contributed by atoms with van der Waals surface area (Å²) in [4.78, 5) is 0. The van der Waals surface area contributed by atoms with E-state index >= 15 is 0 Å². The summed E-state index contributed by atoms with van der Waals surface area (Å²) in [7, 11) is -1.83. The van der Waals surface area contributed by atoms with Crippen LogP contribution in [-0.2, 0) is 26.3 Å². The summed E-state index contributed by atoms with van der Waals surface area (Å²) in [5.74, 6) is 1.19. The predicted octanol–water partition coefficient (Wildman–Crippen LogP) is 0.393. The van der Waals surface area contributed by atoms with Crippen LogP contribution in [0.25, 0.3) is 0 Å². The van der Waals surface area contributed by atoms with Gasteiger partial charge in [-0.2, -0.15) is 0 Å². The third-order valence-electron chi connectivity index (χ3n) is 2.52. The summed E-state index contributed by atoms with van der Waals surface area (Å²) < 4.78 is 28.4. The SMILES string of the molecule is O=S1CCS(=O)C1[C@H]1CCCCO1.